The molecular formula is C34H44F4N4O5. The summed E-state index contributed by atoms with van der Waals surface area (Å²) in [5.74, 6) is -2.41. The molecule has 13 heteroatoms. The van der Waals surface area contributed by atoms with Gasteiger partial charge in [-0.3, -0.25) is 9.59 Å². The number of carbonyl (C=O) groups is 2. The molecule has 1 fully saturated rings. The number of hydrogen-bond acceptors (Lipinski definition) is 6. The summed E-state index contributed by atoms with van der Waals surface area (Å²) in [6.45, 7) is 8.68. The lowest BCUT2D eigenvalue weighted by Gasteiger charge is -2.23. The van der Waals surface area contributed by atoms with Gasteiger partial charge in [0.1, 0.15) is 23.1 Å². The summed E-state index contributed by atoms with van der Waals surface area (Å²) in [5, 5.41) is 2.41. The van der Waals surface area contributed by atoms with Crippen molar-refractivity contribution in [3.8, 4) is 11.5 Å². The van der Waals surface area contributed by atoms with Gasteiger partial charge in [-0.05, 0) is 50.1 Å². The minimum Gasteiger partial charge on any atom is -0.497 e. The first-order valence-corrected chi connectivity index (χ1v) is 15.1. The summed E-state index contributed by atoms with van der Waals surface area (Å²) in [5.41, 5.74) is 1.47. The van der Waals surface area contributed by atoms with Gasteiger partial charge in [-0.1, -0.05) is 19.9 Å². The third kappa shape index (κ3) is 12.0. The fraction of sp³-hybridized carbons (Fsp3) is 0.441. The van der Waals surface area contributed by atoms with Crippen molar-refractivity contribution in [2.24, 2.45) is 4.99 Å². The number of benzene rings is 2. The molecule has 3 rings (SSSR count). The zero-order chi connectivity index (χ0) is 35.1. The zero-order valence-electron chi connectivity index (χ0n) is 27.7. The standard InChI is InChI=1S/C25H35F2N3O3.C9H9F2NO2/c1-7-8-9-29(14-18(4)32-5)16-28-13-23(17(2)3)30-15-19(10-24(30)31)25-21(26)11-20(33-6)12-22(25)27;1-12-8(13)6-2-4-7(5-3-6)14-9(10)11/h11-13,16,18-19H,2,7-10,14-15H2,1,3-6H3;2-5,9H,1H3,(H,12,13)/b23-13+,28-16?;. The number of ether oxygens (including phenoxy) is 3. The molecule has 47 heavy (non-hydrogen) atoms. The lowest BCUT2D eigenvalue weighted by molar-refractivity contribution is -0.126. The Labute approximate surface area is 273 Å². The maximum absolute atomic E-state index is 14.6. The van der Waals surface area contributed by atoms with Crippen molar-refractivity contribution in [2.75, 3.05) is 40.9 Å². The van der Waals surface area contributed by atoms with Crippen LogP contribution >= 0.6 is 0 Å². The molecule has 1 aliphatic rings. The number of rotatable bonds is 15. The van der Waals surface area contributed by atoms with Gasteiger partial charge in [0.25, 0.3) is 5.91 Å². The van der Waals surface area contributed by atoms with Crippen LogP contribution in [0.3, 0.4) is 0 Å². The van der Waals surface area contributed by atoms with Crippen molar-refractivity contribution in [2.45, 2.75) is 58.7 Å². The number of likely N-dealkylation sites (tertiary alicyclic amines) is 1. The quantitative estimate of drug-likeness (QED) is 0.101. The number of methoxy groups -OCH3 is 2. The van der Waals surface area contributed by atoms with Crippen LogP contribution in [-0.2, 0) is 9.53 Å². The summed E-state index contributed by atoms with van der Waals surface area (Å²) in [4.78, 5) is 31.8. The van der Waals surface area contributed by atoms with E-state index in [1.54, 1.807) is 26.6 Å². The van der Waals surface area contributed by atoms with Crippen LogP contribution in [0.4, 0.5) is 17.6 Å². The van der Waals surface area contributed by atoms with Gasteiger partial charge in [-0.15, -0.1) is 0 Å². The third-order valence-electron chi connectivity index (χ3n) is 7.24. The highest BCUT2D eigenvalue weighted by molar-refractivity contribution is 5.94. The van der Waals surface area contributed by atoms with Crippen molar-refractivity contribution < 1.29 is 41.4 Å². The van der Waals surface area contributed by atoms with E-state index in [0.29, 0.717) is 23.4 Å². The van der Waals surface area contributed by atoms with Crippen LogP contribution in [0.5, 0.6) is 11.5 Å². The van der Waals surface area contributed by atoms with Crippen molar-refractivity contribution in [3.63, 3.8) is 0 Å². The first kappa shape index (κ1) is 38.8. The number of hydrogen-bond donors (Lipinski definition) is 1. The molecule has 0 aromatic heterocycles. The van der Waals surface area contributed by atoms with Gasteiger partial charge in [0.05, 0.1) is 31.4 Å². The number of amides is 2. The molecule has 0 aliphatic carbocycles. The molecule has 1 aliphatic heterocycles. The Morgan fingerprint density at radius 1 is 1.17 bits per heavy atom. The van der Waals surface area contributed by atoms with Crippen molar-refractivity contribution >= 4 is 18.2 Å². The van der Waals surface area contributed by atoms with Crippen LogP contribution in [0.25, 0.3) is 0 Å². The van der Waals surface area contributed by atoms with Gasteiger partial charge >= 0.3 is 6.61 Å². The summed E-state index contributed by atoms with van der Waals surface area (Å²) < 4.78 is 67.0. The zero-order valence-corrected chi connectivity index (χ0v) is 27.7. The molecule has 2 aromatic rings. The fourth-order valence-electron chi connectivity index (χ4n) is 4.71. The van der Waals surface area contributed by atoms with E-state index in [2.05, 4.69) is 33.4 Å². The maximum Gasteiger partial charge on any atom is 0.387 e. The molecule has 0 radical (unpaired) electrons. The molecule has 258 valence electrons. The predicted molar refractivity (Wildman–Crippen MR) is 173 cm³/mol. The Morgan fingerprint density at radius 2 is 1.81 bits per heavy atom. The Kier molecular flexibility index (Phi) is 15.9. The second-order valence-corrected chi connectivity index (χ2v) is 10.8. The summed E-state index contributed by atoms with van der Waals surface area (Å²) in [6, 6.07) is 7.73. The van der Waals surface area contributed by atoms with E-state index in [-0.39, 0.29) is 47.9 Å². The molecule has 0 spiro atoms. The first-order chi connectivity index (χ1) is 22.3. The maximum atomic E-state index is 14.6. The molecule has 2 atom stereocenters. The van der Waals surface area contributed by atoms with E-state index in [1.165, 1.54) is 43.3 Å². The van der Waals surface area contributed by atoms with E-state index < -0.39 is 24.2 Å². The lowest BCUT2D eigenvalue weighted by Crippen LogP contribution is -2.31. The van der Waals surface area contributed by atoms with Gasteiger partial charge in [0.15, 0.2) is 0 Å². The molecule has 2 amide bonds. The number of aliphatic imine (C=N–C) groups is 1. The molecule has 0 bridgehead atoms. The minimum atomic E-state index is -2.85. The first-order valence-electron chi connectivity index (χ1n) is 15.1. The smallest absolute Gasteiger partial charge is 0.387 e. The molecule has 0 saturated carbocycles. The molecule has 1 N–H and O–H groups in total. The predicted octanol–water partition coefficient (Wildman–Crippen LogP) is 6.52. The number of nitrogens with zero attached hydrogens (tertiary/aromatic N) is 3. The van der Waals surface area contributed by atoms with Crippen LogP contribution in [0.2, 0.25) is 0 Å². The van der Waals surface area contributed by atoms with Crippen LogP contribution < -0.4 is 14.8 Å². The van der Waals surface area contributed by atoms with Crippen LogP contribution in [0.1, 0.15) is 61.9 Å². The van der Waals surface area contributed by atoms with Gasteiger partial charge in [0.2, 0.25) is 5.91 Å². The highest BCUT2D eigenvalue weighted by Gasteiger charge is 2.36. The van der Waals surface area contributed by atoms with E-state index in [1.807, 2.05) is 6.92 Å². The molecule has 1 heterocycles. The average molecular weight is 665 g/mol. The average Bonchev–Trinajstić information content (AvgIpc) is 3.40. The topological polar surface area (TPSA) is 92.7 Å². The number of halogens is 4. The molecular weight excluding hydrogens is 620 g/mol. The lowest BCUT2D eigenvalue weighted by atomic mass is 9.97. The number of nitrogens with one attached hydrogen (secondary N) is 1. The van der Waals surface area contributed by atoms with Gasteiger partial charge in [0, 0.05) is 69.4 Å². The monoisotopic (exact) mass is 664 g/mol. The van der Waals surface area contributed by atoms with E-state index in [4.69, 9.17) is 9.47 Å². The molecule has 2 aromatic carbocycles. The number of allylic oxidation sites excluding steroid dienone is 1. The summed E-state index contributed by atoms with van der Waals surface area (Å²) >= 11 is 0. The summed E-state index contributed by atoms with van der Waals surface area (Å²) in [6.07, 6.45) is 5.44. The number of alkyl halides is 2. The second kappa shape index (κ2) is 19.3. The highest BCUT2D eigenvalue weighted by Crippen LogP contribution is 2.36. The molecule has 1 saturated heterocycles. The minimum absolute atomic E-state index is 0.00246. The van der Waals surface area contributed by atoms with Crippen LogP contribution in [0, 0.1) is 11.6 Å². The van der Waals surface area contributed by atoms with E-state index in [0.717, 1.165) is 31.5 Å². The second-order valence-electron chi connectivity index (χ2n) is 10.8. The van der Waals surface area contributed by atoms with Crippen molar-refractivity contribution in [3.05, 3.63) is 83.2 Å². The highest BCUT2D eigenvalue weighted by atomic mass is 19.3. The van der Waals surface area contributed by atoms with Crippen LogP contribution in [0.15, 0.2) is 65.4 Å². The van der Waals surface area contributed by atoms with Crippen LogP contribution in [-0.4, -0.2) is 81.6 Å². The van der Waals surface area contributed by atoms with E-state index >= 15 is 0 Å². The van der Waals surface area contributed by atoms with Gasteiger partial charge < -0.3 is 29.3 Å². The normalized spacial score (nSPS) is 15.4. The summed E-state index contributed by atoms with van der Waals surface area (Å²) in [7, 11) is 4.51. The molecule has 9 nitrogen and oxygen atoms in total. The van der Waals surface area contributed by atoms with Gasteiger partial charge in [-0.2, -0.15) is 8.78 Å². The number of unbranched alkanes of at least 4 members (excludes halogenated alkanes) is 1. The molecule has 2 unspecified atom stereocenters. The largest absolute Gasteiger partial charge is 0.497 e. The van der Waals surface area contributed by atoms with E-state index in [9.17, 15) is 27.2 Å². The Bertz CT molecular complexity index is 1380. The van der Waals surface area contributed by atoms with Crippen molar-refractivity contribution in [1.29, 1.82) is 0 Å². The van der Waals surface area contributed by atoms with Gasteiger partial charge in [-0.25, -0.2) is 13.8 Å². The Balaban J connectivity index is 0.000000456. The fourth-order valence-corrected chi connectivity index (χ4v) is 4.71. The Hall–Kier alpha value is -4.39. The van der Waals surface area contributed by atoms with Crippen molar-refractivity contribution in [1.82, 2.24) is 15.1 Å². The number of carbonyl (C=O) groups excluding carboxylic acids is 2. The SMILES string of the molecule is C=C(C)/C(=C\N=CN(CCCC)CC(C)OC)N1CC(c2c(F)cc(OC)cc2F)CC1=O.CNC(=O)c1ccc(OC(F)F)cc1. The Morgan fingerprint density at radius 3 is 2.32 bits per heavy atom. The third-order valence-corrected chi connectivity index (χ3v) is 7.24.